The molecule has 1 unspecified atom stereocenters. The van der Waals surface area contributed by atoms with E-state index in [0.29, 0.717) is 50.4 Å². The van der Waals surface area contributed by atoms with Crippen LogP contribution in [0.1, 0.15) is 39.2 Å². The van der Waals surface area contributed by atoms with Gasteiger partial charge in [-0.2, -0.15) is 9.97 Å². The number of hydrogen-bond donors (Lipinski definition) is 1. The van der Waals surface area contributed by atoms with Gasteiger partial charge in [0.05, 0.1) is 31.3 Å². The number of nitrogens with zero attached hydrogens (tertiary/aromatic N) is 3. The first kappa shape index (κ1) is 29.9. The molecule has 0 spiro atoms. The summed E-state index contributed by atoms with van der Waals surface area (Å²) in [4.78, 5) is 11.4. The van der Waals surface area contributed by atoms with E-state index >= 15 is 0 Å². The van der Waals surface area contributed by atoms with E-state index in [4.69, 9.17) is 28.7 Å². The Labute approximate surface area is 247 Å². The zero-order valence-corrected chi connectivity index (χ0v) is 25.3. The first-order valence-corrected chi connectivity index (χ1v) is 15.6. The summed E-state index contributed by atoms with van der Waals surface area (Å²) in [5.41, 5.74) is 0.892. The Hall–Kier alpha value is -3.61. The number of nitrogens with one attached hydrogen (secondary N) is 1. The van der Waals surface area contributed by atoms with Crippen LogP contribution in [0, 0.1) is 0 Å². The van der Waals surface area contributed by atoms with E-state index in [1.807, 2.05) is 23.1 Å². The Morgan fingerprint density at radius 2 is 1.71 bits per heavy atom. The summed E-state index contributed by atoms with van der Waals surface area (Å²) in [5, 5.41) is 0. The largest absolute Gasteiger partial charge is 0.493 e. The fraction of sp³-hybridized carbons (Fsp3) is 0.467. The third-order valence-electron chi connectivity index (χ3n) is 7.09. The van der Waals surface area contributed by atoms with Gasteiger partial charge in [-0.15, -0.1) is 0 Å². The summed E-state index contributed by atoms with van der Waals surface area (Å²) in [7, 11) is -2.55. The van der Waals surface area contributed by atoms with Crippen LogP contribution in [-0.2, 0) is 24.9 Å². The van der Waals surface area contributed by atoms with Crippen molar-refractivity contribution in [1.29, 1.82) is 0 Å². The molecule has 3 aromatic rings. The predicted molar refractivity (Wildman–Crippen MR) is 159 cm³/mol. The fourth-order valence-corrected chi connectivity index (χ4v) is 5.67. The summed E-state index contributed by atoms with van der Waals surface area (Å²) in [6.45, 7) is 9.18. The van der Waals surface area contributed by atoms with Gasteiger partial charge in [0.1, 0.15) is 6.61 Å². The van der Waals surface area contributed by atoms with Crippen LogP contribution in [0.15, 0.2) is 53.4 Å². The van der Waals surface area contributed by atoms with Crippen molar-refractivity contribution in [3.63, 3.8) is 0 Å². The third kappa shape index (κ3) is 7.05. The van der Waals surface area contributed by atoms with Gasteiger partial charge in [-0.25, -0.2) is 8.42 Å². The fourth-order valence-electron chi connectivity index (χ4n) is 4.66. The van der Waals surface area contributed by atoms with Crippen molar-refractivity contribution in [2.75, 3.05) is 56.2 Å². The lowest BCUT2D eigenvalue weighted by atomic mass is 9.87. The third-order valence-corrected chi connectivity index (χ3v) is 8.44. The molecule has 42 heavy (non-hydrogen) atoms. The minimum atomic E-state index is -4.08. The minimum absolute atomic E-state index is 0.0180. The highest BCUT2D eigenvalue weighted by atomic mass is 32.2. The quantitative estimate of drug-likeness (QED) is 0.349. The van der Waals surface area contributed by atoms with Crippen LogP contribution in [0.2, 0.25) is 0 Å². The van der Waals surface area contributed by atoms with Crippen molar-refractivity contribution in [2.24, 2.45) is 0 Å². The number of para-hydroxylation sites is 2. The number of aromatic nitrogens is 2. The van der Waals surface area contributed by atoms with Crippen LogP contribution in [-0.4, -0.2) is 71.1 Å². The van der Waals surface area contributed by atoms with Crippen molar-refractivity contribution in [1.82, 2.24) is 9.97 Å². The van der Waals surface area contributed by atoms with Gasteiger partial charge in [0.25, 0.3) is 15.9 Å². The maximum Gasteiger partial charge on any atom is 0.265 e. The number of methoxy groups -OCH3 is 1. The first-order valence-electron chi connectivity index (χ1n) is 14.1. The van der Waals surface area contributed by atoms with Gasteiger partial charge in [0.15, 0.2) is 17.3 Å². The van der Waals surface area contributed by atoms with E-state index in [9.17, 15) is 8.42 Å². The normalized spacial score (nSPS) is 17.6. The van der Waals surface area contributed by atoms with Crippen LogP contribution in [0.4, 0.5) is 11.8 Å². The molecule has 2 aliphatic rings. The lowest BCUT2D eigenvalue weighted by molar-refractivity contribution is 0.0654. The van der Waals surface area contributed by atoms with Crippen molar-refractivity contribution >= 4 is 21.8 Å². The molecule has 5 rings (SSSR count). The standard InChI is InChI=1S/C30H38N4O7S/c1-30(2,3)21-11-13-23(14-12-21)42(35,36)33-27-26(41-25-10-6-5-9-24(25)37-4)28(40-20-22-8-7-17-39-22)32-29(31-27)34-15-18-38-19-16-34/h5-6,9-14,22H,7-8,15-20H2,1-4H3,(H,31,32,33). The lowest BCUT2D eigenvalue weighted by Crippen LogP contribution is -2.37. The van der Waals surface area contributed by atoms with Gasteiger partial charge < -0.3 is 28.6 Å². The second-order valence-corrected chi connectivity index (χ2v) is 12.9. The van der Waals surface area contributed by atoms with Crippen molar-refractivity contribution < 1.29 is 32.1 Å². The van der Waals surface area contributed by atoms with Gasteiger partial charge >= 0.3 is 0 Å². The van der Waals surface area contributed by atoms with Crippen molar-refractivity contribution in [3.05, 3.63) is 54.1 Å². The Kier molecular flexibility index (Phi) is 9.05. The molecule has 0 bridgehead atoms. The summed E-state index contributed by atoms with van der Waals surface area (Å²) in [6, 6.07) is 13.9. The molecular weight excluding hydrogens is 560 g/mol. The molecule has 12 heteroatoms. The number of rotatable bonds is 10. The van der Waals surface area contributed by atoms with E-state index in [0.717, 1.165) is 18.4 Å². The van der Waals surface area contributed by atoms with Crippen LogP contribution in [0.3, 0.4) is 0 Å². The number of benzene rings is 2. The van der Waals surface area contributed by atoms with E-state index in [1.165, 1.54) is 7.11 Å². The van der Waals surface area contributed by atoms with E-state index in [-0.39, 0.29) is 40.5 Å². The molecule has 226 valence electrons. The molecule has 2 aromatic carbocycles. The molecule has 2 fully saturated rings. The monoisotopic (exact) mass is 598 g/mol. The van der Waals surface area contributed by atoms with Crippen LogP contribution in [0.5, 0.6) is 23.1 Å². The van der Waals surface area contributed by atoms with Crippen molar-refractivity contribution in [2.45, 2.75) is 50.0 Å². The lowest BCUT2D eigenvalue weighted by Gasteiger charge is -2.28. The highest BCUT2D eigenvalue weighted by molar-refractivity contribution is 7.92. The van der Waals surface area contributed by atoms with Gasteiger partial charge in [0, 0.05) is 19.7 Å². The van der Waals surface area contributed by atoms with Crippen LogP contribution in [0.25, 0.3) is 0 Å². The SMILES string of the molecule is COc1ccccc1Oc1c(NS(=O)(=O)c2ccc(C(C)(C)C)cc2)nc(N2CCOCC2)nc1OCC1CCCO1. The molecule has 3 heterocycles. The van der Waals surface area contributed by atoms with E-state index in [2.05, 4.69) is 30.5 Å². The maximum atomic E-state index is 13.7. The summed E-state index contributed by atoms with van der Waals surface area (Å²) in [6.07, 6.45) is 1.70. The number of sulfonamides is 1. The van der Waals surface area contributed by atoms with Crippen LogP contribution >= 0.6 is 0 Å². The Morgan fingerprint density at radius 1 is 1.00 bits per heavy atom. The topological polar surface area (TPSA) is 121 Å². The average Bonchev–Trinajstić information content (AvgIpc) is 3.51. The zero-order valence-electron chi connectivity index (χ0n) is 24.5. The molecule has 1 atom stereocenters. The number of morpholine rings is 1. The smallest absolute Gasteiger partial charge is 0.265 e. The van der Waals surface area contributed by atoms with Crippen molar-refractivity contribution in [3.8, 4) is 23.1 Å². The van der Waals surface area contributed by atoms with Gasteiger partial charge in [-0.1, -0.05) is 45.0 Å². The maximum absolute atomic E-state index is 13.7. The highest BCUT2D eigenvalue weighted by Gasteiger charge is 2.28. The molecule has 0 aliphatic carbocycles. The summed E-state index contributed by atoms with van der Waals surface area (Å²) in [5.74, 6) is 1.15. The summed E-state index contributed by atoms with van der Waals surface area (Å²) < 4.78 is 59.3. The number of ether oxygens (including phenoxy) is 5. The number of hydrogen-bond acceptors (Lipinski definition) is 10. The molecule has 0 radical (unpaired) electrons. The van der Waals surface area contributed by atoms with Gasteiger partial charge in [-0.05, 0) is 48.1 Å². The molecule has 1 aromatic heterocycles. The van der Waals surface area contributed by atoms with Crippen LogP contribution < -0.4 is 23.8 Å². The minimum Gasteiger partial charge on any atom is -0.493 e. The predicted octanol–water partition coefficient (Wildman–Crippen LogP) is 4.77. The second-order valence-electron chi connectivity index (χ2n) is 11.2. The zero-order chi connectivity index (χ0) is 29.7. The Balaban J connectivity index is 1.58. The molecule has 2 saturated heterocycles. The summed E-state index contributed by atoms with van der Waals surface area (Å²) >= 11 is 0. The van der Waals surface area contributed by atoms with E-state index < -0.39 is 10.0 Å². The number of anilines is 2. The highest BCUT2D eigenvalue weighted by Crippen LogP contribution is 2.42. The van der Waals surface area contributed by atoms with Gasteiger partial charge in [0.2, 0.25) is 11.7 Å². The Morgan fingerprint density at radius 3 is 2.36 bits per heavy atom. The molecule has 1 N–H and O–H groups in total. The van der Waals surface area contributed by atoms with E-state index in [1.54, 1.807) is 30.3 Å². The van der Waals surface area contributed by atoms with Gasteiger partial charge in [-0.3, -0.25) is 4.72 Å². The average molecular weight is 599 g/mol. The molecule has 2 aliphatic heterocycles. The first-order chi connectivity index (χ1) is 20.1. The Bertz CT molecular complexity index is 1460. The molecule has 0 saturated carbocycles. The second kappa shape index (κ2) is 12.7. The molecule has 11 nitrogen and oxygen atoms in total. The molecule has 0 amide bonds. The molecular formula is C30H38N4O7S.